The van der Waals surface area contributed by atoms with Gasteiger partial charge in [-0.25, -0.2) is 0 Å². The van der Waals surface area contributed by atoms with Crippen LogP contribution in [-0.2, 0) is 16.1 Å². The first-order valence-corrected chi connectivity index (χ1v) is 8.98. The normalized spacial score (nSPS) is 12.9. The fraction of sp³-hybridized carbons (Fsp3) is 0.273. The lowest BCUT2D eigenvalue weighted by Crippen LogP contribution is -2.12. The van der Waals surface area contributed by atoms with Crippen LogP contribution in [0.4, 0.5) is 0 Å². The van der Waals surface area contributed by atoms with Gasteiger partial charge >= 0.3 is 5.97 Å². The first-order valence-electron chi connectivity index (χ1n) is 8.98. The molecule has 1 N–H and O–H groups in total. The van der Waals surface area contributed by atoms with E-state index in [0.717, 1.165) is 23.0 Å². The maximum absolute atomic E-state index is 12.0. The Hall–Kier alpha value is -3.08. The molecule has 1 atom stereocenters. The maximum Gasteiger partial charge on any atom is 0.306 e. The van der Waals surface area contributed by atoms with Crippen molar-refractivity contribution < 1.29 is 14.7 Å². The second-order valence-corrected chi connectivity index (χ2v) is 6.73. The van der Waals surface area contributed by atoms with E-state index in [1.165, 1.54) is 12.7 Å². The first kappa shape index (κ1) is 18.7. The zero-order valence-electron chi connectivity index (χ0n) is 15.6. The van der Waals surface area contributed by atoms with Gasteiger partial charge in [-0.15, -0.1) is 0 Å². The molecule has 0 spiro atoms. The summed E-state index contributed by atoms with van der Waals surface area (Å²) in [6.45, 7) is 2.51. The van der Waals surface area contributed by atoms with E-state index >= 15 is 0 Å². The second-order valence-electron chi connectivity index (χ2n) is 6.73. The van der Waals surface area contributed by atoms with Gasteiger partial charge in [0.05, 0.1) is 19.2 Å². The van der Waals surface area contributed by atoms with Crippen LogP contribution in [-0.4, -0.2) is 28.6 Å². The first-order chi connectivity index (χ1) is 13.1. The fourth-order valence-corrected chi connectivity index (χ4v) is 3.49. The van der Waals surface area contributed by atoms with Crippen molar-refractivity contribution in [3.8, 4) is 0 Å². The maximum atomic E-state index is 12.0. The molecule has 0 saturated heterocycles. The van der Waals surface area contributed by atoms with Crippen molar-refractivity contribution in [1.29, 1.82) is 0 Å². The summed E-state index contributed by atoms with van der Waals surface area (Å²) in [5.41, 5.74) is 3.98. The number of carbonyl (C=O) groups excluding carboxylic acids is 1. The predicted octanol–water partition coefficient (Wildman–Crippen LogP) is 4.58. The van der Waals surface area contributed by atoms with E-state index in [1.807, 2.05) is 30.3 Å². The van der Waals surface area contributed by atoms with Gasteiger partial charge in [-0.1, -0.05) is 53.7 Å². The Morgan fingerprint density at radius 1 is 1.11 bits per heavy atom. The molecule has 0 aliphatic rings. The summed E-state index contributed by atoms with van der Waals surface area (Å²) in [5, 5.41) is 13.5. The van der Waals surface area contributed by atoms with Gasteiger partial charge in [0.2, 0.25) is 0 Å². The van der Waals surface area contributed by atoms with Crippen molar-refractivity contribution in [1.82, 2.24) is 4.57 Å². The third kappa shape index (κ3) is 4.37. The molecule has 0 amide bonds. The molecular weight excluding hydrogens is 340 g/mol. The highest BCUT2D eigenvalue weighted by atomic mass is 16.5. The third-order valence-electron chi connectivity index (χ3n) is 4.81. The lowest BCUT2D eigenvalue weighted by molar-refractivity contribution is -0.141. The van der Waals surface area contributed by atoms with Crippen LogP contribution in [0.3, 0.4) is 0 Å². The van der Waals surface area contributed by atoms with E-state index < -0.39 is 0 Å². The van der Waals surface area contributed by atoms with E-state index in [2.05, 4.69) is 40.2 Å². The molecule has 0 aliphatic carbocycles. The summed E-state index contributed by atoms with van der Waals surface area (Å²) in [7, 11) is 1.39. The van der Waals surface area contributed by atoms with Gasteiger partial charge in [0.25, 0.3) is 0 Å². The molecule has 0 saturated carbocycles. The standard InChI is InChI=1S/C22H24N2O3/c1-16(23-26)12-18(13-22(25)27-2)20-15-24(14-17-8-4-3-5-9-17)21-11-7-6-10-19(20)21/h3-11,15,18,26H,12-14H2,1-2H3. The van der Waals surface area contributed by atoms with Crippen molar-refractivity contribution in [2.75, 3.05) is 7.11 Å². The minimum Gasteiger partial charge on any atom is -0.469 e. The molecule has 0 aliphatic heterocycles. The minimum atomic E-state index is -0.273. The average molecular weight is 364 g/mol. The van der Waals surface area contributed by atoms with Crippen molar-refractivity contribution in [2.24, 2.45) is 5.16 Å². The number of hydrogen-bond donors (Lipinski definition) is 1. The summed E-state index contributed by atoms with van der Waals surface area (Å²) in [6, 6.07) is 18.4. The molecule has 2 aromatic carbocycles. The Balaban J connectivity index is 2.04. The molecule has 0 radical (unpaired) electrons. The number of fused-ring (bicyclic) bond motifs is 1. The number of nitrogens with zero attached hydrogens (tertiary/aromatic N) is 2. The van der Waals surface area contributed by atoms with Crippen molar-refractivity contribution in [3.63, 3.8) is 0 Å². The largest absolute Gasteiger partial charge is 0.469 e. The zero-order valence-corrected chi connectivity index (χ0v) is 15.6. The highest BCUT2D eigenvalue weighted by Gasteiger charge is 2.22. The molecule has 3 aromatic rings. The van der Waals surface area contributed by atoms with Crippen LogP contribution in [0.1, 0.15) is 36.8 Å². The van der Waals surface area contributed by atoms with E-state index in [1.54, 1.807) is 6.92 Å². The quantitative estimate of drug-likeness (QED) is 0.289. The molecule has 5 nitrogen and oxygen atoms in total. The second kappa shape index (κ2) is 8.54. The van der Waals surface area contributed by atoms with Gasteiger partial charge in [0.1, 0.15) is 0 Å². The Bertz CT molecular complexity index is 945. The Morgan fingerprint density at radius 3 is 2.52 bits per heavy atom. The van der Waals surface area contributed by atoms with Crippen LogP contribution in [0.5, 0.6) is 0 Å². The number of esters is 1. The zero-order chi connectivity index (χ0) is 19.2. The number of aromatic nitrogens is 1. The molecule has 27 heavy (non-hydrogen) atoms. The number of benzene rings is 2. The highest BCUT2D eigenvalue weighted by Crippen LogP contribution is 2.33. The van der Waals surface area contributed by atoms with E-state index in [9.17, 15) is 4.79 Å². The molecule has 0 bridgehead atoms. The number of carbonyl (C=O) groups is 1. The molecule has 5 heteroatoms. The smallest absolute Gasteiger partial charge is 0.306 e. The lowest BCUT2D eigenvalue weighted by atomic mass is 9.90. The van der Waals surface area contributed by atoms with Crippen LogP contribution in [0.15, 0.2) is 65.9 Å². The van der Waals surface area contributed by atoms with E-state index in [0.29, 0.717) is 12.1 Å². The van der Waals surface area contributed by atoms with E-state index in [-0.39, 0.29) is 18.3 Å². The van der Waals surface area contributed by atoms with Crippen LogP contribution in [0.25, 0.3) is 10.9 Å². The molecule has 140 valence electrons. The molecular formula is C22H24N2O3. The van der Waals surface area contributed by atoms with E-state index in [4.69, 9.17) is 9.94 Å². The lowest BCUT2D eigenvalue weighted by Gasteiger charge is -2.14. The van der Waals surface area contributed by atoms with Gasteiger partial charge < -0.3 is 14.5 Å². The average Bonchev–Trinajstić information content (AvgIpc) is 3.06. The summed E-state index contributed by atoms with van der Waals surface area (Å²) in [4.78, 5) is 12.0. The molecule has 0 fully saturated rings. The number of para-hydroxylation sites is 1. The fourth-order valence-electron chi connectivity index (χ4n) is 3.49. The van der Waals surface area contributed by atoms with Crippen LogP contribution in [0.2, 0.25) is 0 Å². The number of ether oxygens (including phenoxy) is 1. The third-order valence-corrected chi connectivity index (χ3v) is 4.81. The number of methoxy groups -OCH3 is 1. The minimum absolute atomic E-state index is 0.115. The van der Waals surface area contributed by atoms with Gasteiger partial charge in [-0.2, -0.15) is 0 Å². The summed E-state index contributed by atoms with van der Waals surface area (Å²) in [5.74, 6) is -0.388. The molecule has 1 aromatic heterocycles. The van der Waals surface area contributed by atoms with Gasteiger partial charge in [-0.05, 0) is 30.5 Å². The molecule has 3 rings (SSSR count). The van der Waals surface area contributed by atoms with Gasteiger partial charge in [0.15, 0.2) is 0 Å². The van der Waals surface area contributed by atoms with Gasteiger partial charge in [0, 0.05) is 29.6 Å². The summed E-state index contributed by atoms with van der Waals surface area (Å²) < 4.78 is 7.09. The van der Waals surface area contributed by atoms with Gasteiger partial charge in [-0.3, -0.25) is 4.79 Å². The number of hydrogen-bond acceptors (Lipinski definition) is 4. The van der Waals surface area contributed by atoms with Crippen molar-refractivity contribution in [3.05, 3.63) is 71.9 Å². The molecule has 1 heterocycles. The Morgan fingerprint density at radius 2 is 1.81 bits per heavy atom. The summed E-state index contributed by atoms with van der Waals surface area (Å²) in [6.07, 6.45) is 2.84. The predicted molar refractivity (Wildman–Crippen MR) is 106 cm³/mol. The van der Waals surface area contributed by atoms with Crippen LogP contribution in [0, 0.1) is 0 Å². The number of oxime groups is 1. The van der Waals surface area contributed by atoms with Crippen molar-refractivity contribution in [2.45, 2.75) is 32.2 Å². The highest BCUT2D eigenvalue weighted by molar-refractivity contribution is 5.88. The number of rotatable bonds is 7. The van der Waals surface area contributed by atoms with Crippen molar-refractivity contribution >= 4 is 22.6 Å². The summed E-state index contributed by atoms with van der Waals surface area (Å²) >= 11 is 0. The van der Waals surface area contributed by atoms with Crippen LogP contribution >= 0.6 is 0 Å². The Kier molecular flexibility index (Phi) is 5.91. The Labute approximate surface area is 158 Å². The molecule has 1 unspecified atom stereocenters. The van der Waals surface area contributed by atoms with Crippen LogP contribution < -0.4 is 0 Å². The topological polar surface area (TPSA) is 63.8 Å². The SMILES string of the molecule is COC(=O)CC(CC(C)=NO)c1cn(Cc2ccccc2)c2ccccc12. The monoisotopic (exact) mass is 364 g/mol.